The van der Waals surface area contributed by atoms with Crippen LogP contribution in [0.5, 0.6) is 0 Å². The molecule has 0 bridgehead atoms. The van der Waals surface area contributed by atoms with Crippen LogP contribution in [-0.4, -0.2) is 15.7 Å². The number of anilines is 1. The Morgan fingerprint density at radius 3 is 2.64 bits per heavy atom. The number of carbonyl (C=O) groups excluding carboxylic acids is 1. The minimum atomic E-state index is -0.360. The summed E-state index contributed by atoms with van der Waals surface area (Å²) in [4.78, 5) is 36.6. The Balaban J connectivity index is 1.78. The molecule has 0 radical (unpaired) electrons. The molecule has 6 nitrogen and oxygen atoms in total. The first-order chi connectivity index (χ1) is 12.0. The van der Waals surface area contributed by atoms with E-state index in [0.717, 1.165) is 10.2 Å². The molecule has 0 aliphatic carbocycles. The topological polar surface area (TPSA) is 84.0 Å². The van der Waals surface area contributed by atoms with Gasteiger partial charge in [-0.2, -0.15) is 0 Å². The Morgan fingerprint density at radius 2 is 1.88 bits per heavy atom. The highest BCUT2D eigenvalue weighted by Gasteiger charge is 2.09. The Labute approximate surface area is 148 Å². The lowest BCUT2D eigenvalue weighted by Gasteiger charge is -2.10. The number of carbonyl (C=O) groups is 1. The van der Waals surface area contributed by atoms with Crippen molar-refractivity contribution in [1.29, 1.82) is 0 Å². The summed E-state index contributed by atoms with van der Waals surface area (Å²) in [5.41, 5.74) is 0.814. The van der Waals surface area contributed by atoms with Gasteiger partial charge >= 0.3 is 0 Å². The van der Waals surface area contributed by atoms with Crippen molar-refractivity contribution in [2.75, 3.05) is 5.32 Å². The molecule has 1 heterocycles. The van der Waals surface area contributed by atoms with E-state index in [1.165, 1.54) is 0 Å². The van der Waals surface area contributed by atoms with E-state index in [4.69, 9.17) is 11.6 Å². The van der Waals surface area contributed by atoms with Crippen molar-refractivity contribution < 1.29 is 4.79 Å². The highest BCUT2D eigenvalue weighted by Crippen LogP contribution is 2.20. The number of amides is 1. The van der Waals surface area contributed by atoms with Crippen LogP contribution in [0.15, 0.2) is 52.1 Å². The molecule has 1 amide bonds. The van der Waals surface area contributed by atoms with E-state index in [1.54, 1.807) is 36.4 Å². The molecule has 0 saturated carbocycles. The quantitative estimate of drug-likeness (QED) is 0.753. The predicted octanol–water partition coefficient (Wildman–Crippen LogP) is 2.68. The maximum Gasteiger partial charge on any atom is 0.273 e. The first kappa shape index (κ1) is 17.0. The summed E-state index contributed by atoms with van der Waals surface area (Å²) < 4.78 is 1.16. The highest BCUT2D eigenvalue weighted by molar-refractivity contribution is 6.31. The third kappa shape index (κ3) is 3.64. The molecule has 128 valence electrons. The fourth-order valence-electron chi connectivity index (χ4n) is 2.56. The lowest BCUT2D eigenvalue weighted by Crippen LogP contribution is -2.31. The number of fused-ring (bicyclic) bond motifs is 1. The van der Waals surface area contributed by atoms with E-state index in [1.807, 2.05) is 13.0 Å². The van der Waals surface area contributed by atoms with E-state index < -0.39 is 0 Å². The summed E-state index contributed by atoms with van der Waals surface area (Å²) >= 11 is 5.93. The molecule has 0 spiro atoms. The zero-order chi connectivity index (χ0) is 18.0. The minimum absolute atomic E-state index is 0.0418. The van der Waals surface area contributed by atoms with Crippen LogP contribution < -0.4 is 16.4 Å². The van der Waals surface area contributed by atoms with Crippen LogP contribution in [0.25, 0.3) is 10.8 Å². The third-order valence-electron chi connectivity index (χ3n) is 3.92. The predicted molar refractivity (Wildman–Crippen MR) is 98.3 cm³/mol. The Bertz CT molecular complexity index is 1070. The number of H-pyrrole nitrogens is 1. The number of nitrogens with zero attached hydrogens (tertiary/aromatic N) is 1. The van der Waals surface area contributed by atoms with Crippen LogP contribution >= 0.6 is 11.6 Å². The molecule has 3 aromatic rings. The van der Waals surface area contributed by atoms with Gasteiger partial charge in [-0.1, -0.05) is 29.8 Å². The van der Waals surface area contributed by atoms with Gasteiger partial charge in [0, 0.05) is 17.1 Å². The number of aromatic nitrogens is 2. The van der Waals surface area contributed by atoms with Gasteiger partial charge in [0.15, 0.2) is 0 Å². The standard InChI is InChI=1S/C18H16ClN3O3/c1-11-6-7-12(19)10-15(11)20-16(23)8-9-22-18(25)14-5-3-2-4-13(14)17(24)21-22/h2-7,10H,8-9H2,1H3,(H,20,23)(H,21,24). The molecular weight excluding hydrogens is 342 g/mol. The second-order valence-corrected chi connectivity index (χ2v) is 6.14. The largest absolute Gasteiger partial charge is 0.326 e. The average Bonchev–Trinajstić information content (AvgIpc) is 2.60. The zero-order valence-corrected chi connectivity index (χ0v) is 14.3. The summed E-state index contributed by atoms with van der Waals surface area (Å²) in [6, 6.07) is 11.8. The molecule has 2 N–H and O–H groups in total. The molecule has 0 unspecified atom stereocenters. The number of halogens is 1. The second kappa shape index (κ2) is 6.94. The molecule has 0 atom stereocenters. The van der Waals surface area contributed by atoms with E-state index in [9.17, 15) is 14.4 Å². The normalized spacial score (nSPS) is 10.8. The minimum Gasteiger partial charge on any atom is -0.326 e. The molecular formula is C18H16ClN3O3. The van der Waals surface area contributed by atoms with Crippen LogP contribution in [-0.2, 0) is 11.3 Å². The number of aromatic amines is 1. The van der Waals surface area contributed by atoms with Crippen LogP contribution in [0, 0.1) is 6.92 Å². The van der Waals surface area contributed by atoms with Crippen molar-refractivity contribution in [3.63, 3.8) is 0 Å². The van der Waals surface area contributed by atoms with Gasteiger partial charge in [0.1, 0.15) is 0 Å². The highest BCUT2D eigenvalue weighted by atomic mass is 35.5. The van der Waals surface area contributed by atoms with Gasteiger partial charge in [0.25, 0.3) is 11.1 Å². The van der Waals surface area contributed by atoms with Gasteiger partial charge in [-0.25, -0.2) is 4.68 Å². The van der Waals surface area contributed by atoms with Crippen molar-refractivity contribution in [1.82, 2.24) is 9.78 Å². The molecule has 0 saturated heterocycles. The van der Waals surface area contributed by atoms with E-state index in [-0.39, 0.29) is 30.0 Å². The summed E-state index contributed by atoms with van der Waals surface area (Å²) in [6.07, 6.45) is 0.0418. The maximum absolute atomic E-state index is 12.4. The van der Waals surface area contributed by atoms with Crippen LogP contribution in [0.2, 0.25) is 5.02 Å². The lowest BCUT2D eigenvalue weighted by atomic mass is 10.2. The zero-order valence-electron chi connectivity index (χ0n) is 13.5. The second-order valence-electron chi connectivity index (χ2n) is 5.70. The third-order valence-corrected chi connectivity index (χ3v) is 4.16. The number of benzene rings is 2. The molecule has 3 rings (SSSR count). The summed E-state index contributed by atoms with van der Waals surface area (Å²) in [6.45, 7) is 1.93. The number of hydrogen-bond acceptors (Lipinski definition) is 3. The van der Waals surface area contributed by atoms with E-state index in [0.29, 0.717) is 21.5 Å². The van der Waals surface area contributed by atoms with Crippen molar-refractivity contribution in [2.45, 2.75) is 19.9 Å². The molecule has 1 aromatic heterocycles. The van der Waals surface area contributed by atoms with Crippen LogP contribution in [0.3, 0.4) is 0 Å². The first-order valence-electron chi connectivity index (χ1n) is 7.73. The molecule has 25 heavy (non-hydrogen) atoms. The average molecular weight is 358 g/mol. The number of nitrogens with one attached hydrogen (secondary N) is 2. The van der Waals surface area contributed by atoms with Crippen molar-refractivity contribution >= 4 is 34.0 Å². The maximum atomic E-state index is 12.4. The Hall–Kier alpha value is -2.86. The molecule has 2 aromatic carbocycles. The Kier molecular flexibility index (Phi) is 4.72. The lowest BCUT2D eigenvalue weighted by molar-refractivity contribution is -0.116. The summed E-state index contributed by atoms with van der Waals surface area (Å²) in [5.74, 6) is -0.272. The van der Waals surface area contributed by atoms with Gasteiger partial charge < -0.3 is 5.32 Å². The number of aryl methyl sites for hydroxylation is 2. The fraction of sp³-hybridized carbons (Fsp3) is 0.167. The van der Waals surface area contributed by atoms with Crippen molar-refractivity contribution in [2.24, 2.45) is 0 Å². The smallest absolute Gasteiger partial charge is 0.273 e. The Morgan fingerprint density at radius 1 is 1.16 bits per heavy atom. The van der Waals surface area contributed by atoms with E-state index in [2.05, 4.69) is 10.4 Å². The van der Waals surface area contributed by atoms with Gasteiger partial charge in [-0.05, 0) is 36.8 Å². The fourth-order valence-corrected chi connectivity index (χ4v) is 2.73. The SMILES string of the molecule is Cc1ccc(Cl)cc1NC(=O)CCn1[nH]c(=O)c2ccccc2c1=O. The van der Waals surface area contributed by atoms with Gasteiger partial charge in [-0.15, -0.1) is 0 Å². The number of rotatable bonds is 4. The van der Waals surface area contributed by atoms with Crippen LogP contribution in [0.4, 0.5) is 5.69 Å². The molecule has 0 aliphatic rings. The van der Waals surface area contributed by atoms with Crippen LogP contribution in [0.1, 0.15) is 12.0 Å². The molecule has 7 heteroatoms. The first-order valence-corrected chi connectivity index (χ1v) is 8.11. The van der Waals surface area contributed by atoms with Gasteiger partial charge in [-0.3, -0.25) is 19.5 Å². The van der Waals surface area contributed by atoms with Crippen molar-refractivity contribution in [3.8, 4) is 0 Å². The monoisotopic (exact) mass is 357 g/mol. The summed E-state index contributed by atoms with van der Waals surface area (Å²) in [7, 11) is 0. The molecule has 0 aliphatic heterocycles. The summed E-state index contributed by atoms with van der Waals surface area (Å²) in [5, 5.41) is 6.46. The molecule has 0 fully saturated rings. The van der Waals surface area contributed by atoms with Gasteiger partial charge in [0.2, 0.25) is 5.91 Å². The number of hydrogen-bond donors (Lipinski definition) is 2. The van der Waals surface area contributed by atoms with E-state index >= 15 is 0 Å². The van der Waals surface area contributed by atoms with Crippen molar-refractivity contribution in [3.05, 3.63) is 73.8 Å². The van der Waals surface area contributed by atoms with Gasteiger partial charge in [0.05, 0.1) is 17.3 Å².